The second kappa shape index (κ2) is 6.99. The molecule has 2 amide bonds. The number of rotatable bonds is 5. The summed E-state index contributed by atoms with van der Waals surface area (Å²) in [5.41, 5.74) is 2.79. The number of carbonyl (C=O) groups is 1. The molecule has 2 aromatic heterocycles. The number of carbonyl (C=O) groups excluding carboxylic acids is 1. The Morgan fingerprint density at radius 3 is 2.96 bits per heavy atom. The number of hydrogen-bond acceptors (Lipinski definition) is 4. The highest BCUT2D eigenvalue weighted by Gasteiger charge is 2.11. The van der Waals surface area contributed by atoms with Crippen LogP contribution in [0.1, 0.15) is 30.0 Å². The van der Waals surface area contributed by atoms with E-state index >= 15 is 0 Å². The van der Waals surface area contributed by atoms with Gasteiger partial charge in [-0.2, -0.15) is 0 Å². The first-order valence-electron chi connectivity index (χ1n) is 7.66. The first-order chi connectivity index (χ1) is 11.6. The number of aromatic nitrogens is 3. The van der Waals surface area contributed by atoms with Crippen LogP contribution < -0.4 is 10.6 Å². The summed E-state index contributed by atoms with van der Waals surface area (Å²) in [4.78, 5) is 16.1. The van der Waals surface area contributed by atoms with Crippen molar-refractivity contribution in [2.24, 2.45) is 0 Å². The van der Waals surface area contributed by atoms with Crippen LogP contribution in [0.4, 0.5) is 4.79 Å². The van der Waals surface area contributed by atoms with Gasteiger partial charge in [-0.25, -0.2) is 9.78 Å². The van der Waals surface area contributed by atoms with Gasteiger partial charge in [0, 0.05) is 24.1 Å². The zero-order valence-corrected chi connectivity index (χ0v) is 13.6. The molecule has 0 radical (unpaired) electrons. The van der Waals surface area contributed by atoms with Crippen molar-refractivity contribution in [1.82, 2.24) is 25.3 Å². The molecule has 0 aliphatic carbocycles. The highest BCUT2D eigenvalue weighted by atomic mass is 16.5. The number of nitrogens with zero attached hydrogens (tertiary/aromatic N) is 3. The molecule has 1 unspecified atom stereocenters. The molecule has 24 heavy (non-hydrogen) atoms. The van der Waals surface area contributed by atoms with Gasteiger partial charge in [0.05, 0.1) is 24.6 Å². The SMILES string of the molecule is Cc1cc(CNC(=O)NC(C)c2cccc(-n3ccnc3)c2)on1. The van der Waals surface area contributed by atoms with E-state index in [1.807, 2.05) is 48.9 Å². The highest BCUT2D eigenvalue weighted by molar-refractivity contribution is 5.74. The summed E-state index contributed by atoms with van der Waals surface area (Å²) in [5, 5.41) is 9.45. The molecule has 1 aromatic carbocycles. The van der Waals surface area contributed by atoms with Gasteiger partial charge in [0.15, 0.2) is 5.76 Å². The van der Waals surface area contributed by atoms with Gasteiger partial charge in [-0.3, -0.25) is 0 Å². The highest BCUT2D eigenvalue weighted by Crippen LogP contribution is 2.16. The molecular formula is C17H19N5O2. The monoisotopic (exact) mass is 325 g/mol. The maximum atomic E-state index is 12.0. The zero-order valence-electron chi connectivity index (χ0n) is 13.6. The molecule has 3 rings (SSSR count). The number of urea groups is 1. The van der Waals surface area contributed by atoms with E-state index in [2.05, 4.69) is 20.8 Å². The lowest BCUT2D eigenvalue weighted by Crippen LogP contribution is -2.36. The van der Waals surface area contributed by atoms with Crippen LogP contribution in [-0.2, 0) is 6.54 Å². The van der Waals surface area contributed by atoms with Crippen molar-refractivity contribution in [3.05, 3.63) is 66.1 Å². The fraction of sp³-hybridized carbons (Fsp3) is 0.235. The molecule has 3 aromatic rings. The van der Waals surface area contributed by atoms with E-state index in [0.29, 0.717) is 12.3 Å². The normalized spacial score (nSPS) is 11.9. The Morgan fingerprint density at radius 1 is 1.38 bits per heavy atom. The Bertz CT molecular complexity index is 810. The van der Waals surface area contributed by atoms with Gasteiger partial charge >= 0.3 is 6.03 Å². The van der Waals surface area contributed by atoms with E-state index in [1.165, 1.54) is 0 Å². The van der Waals surface area contributed by atoms with E-state index < -0.39 is 0 Å². The molecule has 7 nitrogen and oxygen atoms in total. The Hall–Kier alpha value is -3.09. The molecule has 124 valence electrons. The predicted molar refractivity (Wildman–Crippen MR) is 88.6 cm³/mol. The summed E-state index contributed by atoms with van der Waals surface area (Å²) in [7, 11) is 0. The van der Waals surface area contributed by atoms with Crippen LogP contribution in [0.25, 0.3) is 5.69 Å². The smallest absolute Gasteiger partial charge is 0.315 e. The van der Waals surface area contributed by atoms with E-state index in [9.17, 15) is 4.79 Å². The Kier molecular flexibility index (Phi) is 4.60. The van der Waals surface area contributed by atoms with Crippen molar-refractivity contribution < 1.29 is 9.32 Å². The number of hydrogen-bond donors (Lipinski definition) is 2. The third kappa shape index (κ3) is 3.81. The molecule has 2 N–H and O–H groups in total. The Labute approximate surface area is 139 Å². The maximum absolute atomic E-state index is 12.0. The molecule has 0 fully saturated rings. The molecule has 0 aliphatic heterocycles. The van der Waals surface area contributed by atoms with Crippen LogP contribution in [-0.4, -0.2) is 20.7 Å². The average Bonchev–Trinajstić information content (AvgIpc) is 3.24. The van der Waals surface area contributed by atoms with Crippen molar-refractivity contribution in [1.29, 1.82) is 0 Å². The number of benzene rings is 1. The van der Waals surface area contributed by atoms with Crippen molar-refractivity contribution in [3.63, 3.8) is 0 Å². The van der Waals surface area contributed by atoms with Crippen LogP contribution >= 0.6 is 0 Å². The summed E-state index contributed by atoms with van der Waals surface area (Å²) in [6.07, 6.45) is 5.35. The third-order valence-electron chi connectivity index (χ3n) is 3.62. The average molecular weight is 325 g/mol. The van der Waals surface area contributed by atoms with Gasteiger partial charge in [-0.1, -0.05) is 17.3 Å². The number of aryl methyl sites for hydroxylation is 1. The fourth-order valence-corrected chi connectivity index (χ4v) is 2.36. The molecule has 0 aliphatic rings. The fourth-order valence-electron chi connectivity index (χ4n) is 2.36. The van der Waals surface area contributed by atoms with E-state index in [-0.39, 0.29) is 12.1 Å². The number of amides is 2. The first-order valence-corrected chi connectivity index (χ1v) is 7.66. The lowest BCUT2D eigenvalue weighted by Gasteiger charge is -2.16. The first kappa shape index (κ1) is 15.8. The predicted octanol–water partition coefficient (Wildman–Crippen LogP) is 2.73. The quantitative estimate of drug-likeness (QED) is 0.755. The lowest BCUT2D eigenvalue weighted by atomic mass is 10.1. The van der Waals surface area contributed by atoms with E-state index in [1.54, 1.807) is 18.6 Å². The minimum atomic E-state index is -0.260. The molecule has 2 heterocycles. The molecule has 0 saturated heterocycles. The van der Waals surface area contributed by atoms with Gasteiger partial charge in [0.1, 0.15) is 0 Å². The van der Waals surface area contributed by atoms with Crippen LogP contribution in [0.3, 0.4) is 0 Å². The van der Waals surface area contributed by atoms with E-state index in [4.69, 9.17) is 4.52 Å². The van der Waals surface area contributed by atoms with Crippen molar-refractivity contribution in [3.8, 4) is 5.69 Å². The maximum Gasteiger partial charge on any atom is 0.315 e. The zero-order chi connectivity index (χ0) is 16.9. The summed E-state index contributed by atoms with van der Waals surface area (Å²) >= 11 is 0. The van der Waals surface area contributed by atoms with Gasteiger partial charge < -0.3 is 19.7 Å². The van der Waals surface area contributed by atoms with Crippen LogP contribution in [0.15, 0.2) is 53.6 Å². The number of imidazole rings is 1. The van der Waals surface area contributed by atoms with Crippen LogP contribution in [0, 0.1) is 6.92 Å². The Morgan fingerprint density at radius 2 is 2.25 bits per heavy atom. The van der Waals surface area contributed by atoms with Gasteiger partial charge in [-0.15, -0.1) is 0 Å². The van der Waals surface area contributed by atoms with Gasteiger partial charge in [0.2, 0.25) is 0 Å². The standard InChI is InChI=1S/C17H19N5O2/c1-12-8-16(24-21-12)10-19-17(23)20-13(2)14-4-3-5-15(9-14)22-7-6-18-11-22/h3-9,11,13H,10H2,1-2H3,(H2,19,20,23). The molecule has 0 saturated carbocycles. The third-order valence-corrected chi connectivity index (χ3v) is 3.62. The summed E-state index contributed by atoms with van der Waals surface area (Å²) < 4.78 is 6.98. The molecule has 0 spiro atoms. The molecular weight excluding hydrogens is 306 g/mol. The second-order valence-corrected chi connectivity index (χ2v) is 5.55. The van der Waals surface area contributed by atoms with Crippen LogP contribution in [0.2, 0.25) is 0 Å². The summed E-state index contributed by atoms with van der Waals surface area (Å²) in [6.45, 7) is 4.07. The van der Waals surface area contributed by atoms with Gasteiger partial charge in [-0.05, 0) is 31.5 Å². The second-order valence-electron chi connectivity index (χ2n) is 5.55. The minimum Gasteiger partial charge on any atom is -0.359 e. The summed E-state index contributed by atoms with van der Waals surface area (Å²) in [5.74, 6) is 0.623. The largest absolute Gasteiger partial charge is 0.359 e. The molecule has 0 bridgehead atoms. The lowest BCUT2D eigenvalue weighted by molar-refractivity contribution is 0.236. The van der Waals surface area contributed by atoms with Gasteiger partial charge in [0.25, 0.3) is 0 Å². The molecule has 1 atom stereocenters. The van der Waals surface area contributed by atoms with Crippen molar-refractivity contribution >= 4 is 6.03 Å². The topological polar surface area (TPSA) is 85.0 Å². The molecule has 7 heteroatoms. The Balaban J connectivity index is 1.59. The number of nitrogens with one attached hydrogen (secondary N) is 2. The van der Waals surface area contributed by atoms with Crippen molar-refractivity contribution in [2.75, 3.05) is 0 Å². The minimum absolute atomic E-state index is 0.134. The van der Waals surface area contributed by atoms with Crippen molar-refractivity contribution in [2.45, 2.75) is 26.4 Å². The van der Waals surface area contributed by atoms with E-state index in [0.717, 1.165) is 16.9 Å². The summed E-state index contributed by atoms with van der Waals surface area (Å²) in [6, 6.07) is 9.34. The van der Waals surface area contributed by atoms with Crippen LogP contribution in [0.5, 0.6) is 0 Å².